The smallest absolute Gasteiger partial charge is 0.410 e. The van der Waals surface area contributed by atoms with Gasteiger partial charge in [-0.3, -0.25) is 9.88 Å². The number of nitrogens with one attached hydrogen (secondary N) is 2. The van der Waals surface area contributed by atoms with Crippen molar-refractivity contribution in [2.75, 3.05) is 39.3 Å². The number of rotatable bonds is 9. The van der Waals surface area contributed by atoms with Crippen molar-refractivity contribution in [1.29, 1.82) is 0 Å². The van der Waals surface area contributed by atoms with Crippen molar-refractivity contribution in [2.45, 2.75) is 85.1 Å². The highest BCUT2D eigenvalue weighted by Gasteiger charge is 2.31. The second kappa shape index (κ2) is 13.1. The fraction of sp³-hybridized carbons (Fsp3) is 0.731. The molecule has 1 saturated heterocycles. The fourth-order valence-corrected chi connectivity index (χ4v) is 3.88. The number of hydrogen-bond acceptors (Lipinski definition) is 7. The van der Waals surface area contributed by atoms with Crippen LogP contribution in [0.4, 0.5) is 9.59 Å². The van der Waals surface area contributed by atoms with Crippen molar-refractivity contribution in [1.82, 2.24) is 25.4 Å². The van der Waals surface area contributed by atoms with E-state index in [9.17, 15) is 9.59 Å². The molecule has 2 amide bonds. The molecule has 1 unspecified atom stereocenters. The minimum absolute atomic E-state index is 0.00232. The van der Waals surface area contributed by atoms with Gasteiger partial charge in [0.2, 0.25) is 0 Å². The molecule has 2 heterocycles. The van der Waals surface area contributed by atoms with Gasteiger partial charge in [-0.05, 0) is 79.5 Å². The van der Waals surface area contributed by atoms with Crippen LogP contribution in [0.1, 0.15) is 65.6 Å². The van der Waals surface area contributed by atoms with Crippen LogP contribution in [0, 0.1) is 6.92 Å². The van der Waals surface area contributed by atoms with Gasteiger partial charge in [0.25, 0.3) is 0 Å². The summed E-state index contributed by atoms with van der Waals surface area (Å²) in [4.78, 5) is 33.5. The van der Waals surface area contributed by atoms with E-state index in [1.807, 2.05) is 58.7 Å². The van der Waals surface area contributed by atoms with E-state index < -0.39 is 11.2 Å². The molecule has 0 saturated carbocycles. The average Bonchev–Trinajstić information content (AvgIpc) is 2.73. The molecule has 0 aromatic carbocycles. The van der Waals surface area contributed by atoms with E-state index in [1.165, 1.54) is 0 Å². The fourth-order valence-electron chi connectivity index (χ4n) is 3.88. The number of pyridine rings is 1. The quantitative estimate of drug-likeness (QED) is 0.509. The minimum Gasteiger partial charge on any atom is -0.444 e. The predicted octanol–water partition coefficient (Wildman–Crippen LogP) is 3.71. The highest BCUT2D eigenvalue weighted by atomic mass is 16.6. The topological polar surface area (TPSA) is 96.0 Å². The third-order valence-corrected chi connectivity index (χ3v) is 5.51. The van der Waals surface area contributed by atoms with Gasteiger partial charge in [0.15, 0.2) is 0 Å². The van der Waals surface area contributed by atoms with Crippen LogP contribution in [0.3, 0.4) is 0 Å². The van der Waals surface area contributed by atoms with Crippen LogP contribution in [0.2, 0.25) is 0 Å². The van der Waals surface area contributed by atoms with Crippen LogP contribution in [0.15, 0.2) is 18.3 Å². The second-order valence-electron chi connectivity index (χ2n) is 11.2. The van der Waals surface area contributed by atoms with Gasteiger partial charge in [0.05, 0.1) is 11.7 Å². The average molecular weight is 492 g/mol. The van der Waals surface area contributed by atoms with E-state index in [0.29, 0.717) is 26.2 Å². The molecule has 2 rings (SSSR count). The Balaban J connectivity index is 1.99. The molecule has 198 valence electrons. The highest BCUT2D eigenvalue weighted by molar-refractivity contribution is 5.69. The van der Waals surface area contributed by atoms with Crippen LogP contribution in [0.5, 0.6) is 0 Å². The van der Waals surface area contributed by atoms with Crippen molar-refractivity contribution < 1.29 is 19.1 Å². The van der Waals surface area contributed by atoms with Crippen molar-refractivity contribution in [2.24, 2.45) is 0 Å². The number of amides is 2. The number of nitrogens with zero attached hydrogens (tertiary/aromatic N) is 3. The lowest BCUT2D eigenvalue weighted by atomic mass is 10.1. The number of aromatic nitrogens is 1. The Labute approximate surface area is 210 Å². The summed E-state index contributed by atoms with van der Waals surface area (Å²) in [5, 5.41) is 6.24. The first-order chi connectivity index (χ1) is 16.3. The lowest BCUT2D eigenvalue weighted by Crippen LogP contribution is -2.58. The van der Waals surface area contributed by atoms with Gasteiger partial charge in [0.1, 0.15) is 11.2 Å². The monoisotopic (exact) mass is 491 g/mol. The number of ether oxygens (including phenoxy) is 2. The zero-order valence-electron chi connectivity index (χ0n) is 22.6. The lowest BCUT2D eigenvalue weighted by Gasteiger charge is -2.39. The summed E-state index contributed by atoms with van der Waals surface area (Å²) in [6.45, 7) is 18.2. The first-order valence-corrected chi connectivity index (χ1v) is 12.6. The Morgan fingerprint density at radius 3 is 2.54 bits per heavy atom. The van der Waals surface area contributed by atoms with Crippen LogP contribution >= 0.6 is 0 Å². The van der Waals surface area contributed by atoms with Crippen molar-refractivity contribution in [3.05, 3.63) is 29.6 Å². The highest BCUT2D eigenvalue weighted by Crippen LogP contribution is 2.16. The van der Waals surface area contributed by atoms with Crippen LogP contribution in [0.25, 0.3) is 0 Å². The van der Waals surface area contributed by atoms with E-state index in [2.05, 4.69) is 33.5 Å². The van der Waals surface area contributed by atoms with Gasteiger partial charge >= 0.3 is 12.2 Å². The molecule has 0 spiro atoms. The molecule has 9 heteroatoms. The Bertz CT molecular complexity index is 819. The molecule has 9 nitrogen and oxygen atoms in total. The molecular formula is C26H45N5O4. The molecule has 1 aliphatic rings. The predicted molar refractivity (Wildman–Crippen MR) is 137 cm³/mol. The van der Waals surface area contributed by atoms with Crippen molar-refractivity contribution in [3.8, 4) is 0 Å². The molecule has 0 aliphatic carbocycles. The van der Waals surface area contributed by atoms with E-state index >= 15 is 0 Å². The largest absolute Gasteiger partial charge is 0.444 e. The summed E-state index contributed by atoms with van der Waals surface area (Å²) < 4.78 is 11.0. The molecule has 1 aromatic heterocycles. The number of unbranched alkanes of at least 4 members (excludes halogenated alkanes) is 1. The third-order valence-electron chi connectivity index (χ3n) is 5.51. The summed E-state index contributed by atoms with van der Waals surface area (Å²) in [6.07, 6.45) is 2.89. The molecule has 1 aromatic rings. The number of aryl methyl sites for hydroxylation is 1. The number of alkyl carbamates (subject to hydrolysis) is 1. The van der Waals surface area contributed by atoms with Crippen LogP contribution < -0.4 is 10.6 Å². The van der Waals surface area contributed by atoms with Gasteiger partial charge in [-0.2, -0.15) is 0 Å². The molecule has 35 heavy (non-hydrogen) atoms. The maximum absolute atomic E-state index is 12.9. The van der Waals surface area contributed by atoms with E-state index in [4.69, 9.17) is 9.47 Å². The summed E-state index contributed by atoms with van der Waals surface area (Å²) in [6, 6.07) is 4.02. The SMILES string of the molecule is Cc1cccnc1CN(CCCCNC(=O)OC(C)(C)C)CC1CNCCN1C(=O)OC(C)(C)C. The summed E-state index contributed by atoms with van der Waals surface area (Å²) >= 11 is 0. The Hall–Kier alpha value is -2.39. The summed E-state index contributed by atoms with van der Waals surface area (Å²) in [5.41, 5.74) is 1.15. The zero-order valence-corrected chi connectivity index (χ0v) is 22.6. The first-order valence-electron chi connectivity index (χ1n) is 12.6. The molecule has 1 atom stereocenters. The lowest BCUT2D eigenvalue weighted by molar-refractivity contribution is 0.00716. The third kappa shape index (κ3) is 11.3. The Kier molecular flexibility index (Phi) is 10.8. The maximum atomic E-state index is 12.9. The maximum Gasteiger partial charge on any atom is 0.410 e. The first kappa shape index (κ1) is 28.8. The summed E-state index contributed by atoms with van der Waals surface area (Å²) in [7, 11) is 0. The van der Waals surface area contributed by atoms with E-state index in [0.717, 1.165) is 43.7 Å². The number of hydrogen-bond donors (Lipinski definition) is 2. The molecule has 1 aliphatic heterocycles. The van der Waals surface area contributed by atoms with Gasteiger partial charge in [0, 0.05) is 45.5 Å². The molecule has 2 N–H and O–H groups in total. The molecule has 1 fully saturated rings. The van der Waals surface area contributed by atoms with Gasteiger partial charge in [-0.15, -0.1) is 0 Å². The number of piperazine rings is 1. The standard InChI is InChI=1S/C26H45N5O4/c1-20-11-10-13-28-22(20)19-30(15-9-8-12-29-23(32)34-25(2,3)4)18-21-17-27-14-16-31(21)24(33)35-26(5,6)7/h10-11,13,21,27H,8-9,12,14-19H2,1-7H3,(H,29,32). The van der Waals surface area contributed by atoms with Crippen molar-refractivity contribution in [3.63, 3.8) is 0 Å². The van der Waals surface area contributed by atoms with Gasteiger partial charge in [-0.1, -0.05) is 6.07 Å². The number of carbonyl (C=O) groups excluding carboxylic acids is 2. The molecule has 0 radical (unpaired) electrons. The van der Waals surface area contributed by atoms with E-state index in [-0.39, 0.29) is 18.2 Å². The van der Waals surface area contributed by atoms with Crippen LogP contribution in [-0.2, 0) is 16.0 Å². The second-order valence-corrected chi connectivity index (χ2v) is 11.2. The molecule has 0 bridgehead atoms. The Morgan fingerprint density at radius 1 is 1.17 bits per heavy atom. The Morgan fingerprint density at radius 2 is 1.89 bits per heavy atom. The van der Waals surface area contributed by atoms with E-state index in [1.54, 1.807) is 0 Å². The summed E-state index contributed by atoms with van der Waals surface area (Å²) in [5.74, 6) is 0. The van der Waals surface area contributed by atoms with Crippen molar-refractivity contribution >= 4 is 12.2 Å². The zero-order chi connectivity index (χ0) is 26.1. The van der Waals surface area contributed by atoms with Crippen LogP contribution in [-0.4, -0.2) is 83.5 Å². The minimum atomic E-state index is -0.529. The number of carbonyl (C=O) groups is 2. The molecular weight excluding hydrogens is 446 g/mol. The normalized spacial score (nSPS) is 16.8. The van der Waals surface area contributed by atoms with Gasteiger partial charge in [-0.25, -0.2) is 9.59 Å². The van der Waals surface area contributed by atoms with Gasteiger partial charge < -0.3 is 25.0 Å².